The quantitative estimate of drug-likeness (QED) is 0.728. The number of pyridine rings is 1. The van der Waals surface area contributed by atoms with Gasteiger partial charge in [0.2, 0.25) is 0 Å². The van der Waals surface area contributed by atoms with Crippen LogP contribution >= 0.6 is 0 Å². The molecule has 0 saturated carbocycles. The number of hydrogen-bond acceptors (Lipinski definition) is 3. The molecule has 1 heterocycles. The largest absolute Gasteiger partial charge is 0.380 e. The van der Waals surface area contributed by atoms with Gasteiger partial charge >= 0.3 is 0 Å². The van der Waals surface area contributed by atoms with Crippen molar-refractivity contribution in [1.29, 1.82) is 0 Å². The number of hydrogen-bond donors (Lipinski definition) is 1. The molecular weight excluding hydrogens is 152 g/mol. The summed E-state index contributed by atoms with van der Waals surface area (Å²) in [5.74, 6) is 0. The van der Waals surface area contributed by atoms with Crippen molar-refractivity contribution in [3.63, 3.8) is 0 Å². The van der Waals surface area contributed by atoms with Crippen molar-refractivity contribution in [2.24, 2.45) is 5.73 Å². The van der Waals surface area contributed by atoms with Crippen LogP contribution in [0.25, 0.3) is 0 Å². The van der Waals surface area contributed by atoms with Gasteiger partial charge in [0.05, 0.1) is 6.61 Å². The molecule has 1 aromatic rings. The van der Waals surface area contributed by atoms with E-state index < -0.39 is 0 Å². The number of ether oxygens (including phenoxy) is 1. The van der Waals surface area contributed by atoms with Crippen LogP contribution in [0.15, 0.2) is 12.3 Å². The minimum Gasteiger partial charge on any atom is -0.380 e. The Balaban J connectivity index is 2.95. The van der Waals surface area contributed by atoms with Gasteiger partial charge in [0, 0.05) is 25.5 Å². The average Bonchev–Trinajstić information content (AvgIpc) is 2.05. The van der Waals surface area contributed by atoms with Crippen molar-refractivity contribution >= 4 is 0 Å². The van der Waals surface area contributed by atoms with E-state index in [9.17, 15) is 0 Å². The van der Waals surface area contributed by atoms with E-state index in [-0.39, 0.29) is 0 Å². The molecule has 2 N–H and O–H groups in total. The lowest BCUT2D eigenvalue weighted by molar-refractivity contribution is 0.184. The van der Waals surface area contributed by atoms with Crippen molar-refractivity contribution in [2.75, 3.05) is 7.11 Å². The van der Waals surface area contributed by atoms with E-state index in [4.69, 9.17) is 10.5 Å². The van der Waals surface area contributed by atoms with Gasteiger partial charge in [0.15, 0.2) is 0 Å². The summed E-state index contributed by atoms with van der Waals surface area (Å²) in [5, 5.41) is 0. The zero-order chi connectivity index (χ0) is 8.97. The van der Waals surface area contributed by atoms with Crippen LogP contribution in [-0.4, -0.2) is 12.1 Å². The van der Waals surface area contributed by atoms with Crippen molar-refractivity contribution < 1.29 is 4.74 Å². The molecule has 1 aromatic heterocycles. The van der Waals surface area contributed by atoms with Gasteiger partial charge in [-0.15, -0.1) is 0 Å². The Hall–Kier alpha value is -0.930. The van der Waals surface area contributed by atoms with Crippen molar-refractivity contribution in [1.82, 2.24) is 4.98 Å². The third-order valence-electron chi connectivity index (χ3n) is 1.74. The molecule has 1 rings (SSSR count). The lowest BCUT2D eigenvalue weighted by Gasteiger charge is -2.06. The molecule has 0 atom stereocenters. The molecule has 0 spiro atoms. The van der Waals surface area contributed by atoms with Crippen molar-refractivity contribution in [3.05, 3.63) is 29.1 Å². The summed E-state index contributed by atoms with van der Waals surface area (Å²) in [5.41, 5.74) is 8.72. The first kappa shape index (κ1) is 9.16. The van der Waals surface area contributed by atoms with Gasteiger partial charge in [0.1, 0.15) is 0 Å². The lowest BCUT2D eigenvalue weighted by Crippen LogP contribution is -2.04. The fraction of sp³-hybridized carbons (Fsp3) is 0.444. The highest BCUT2D eigenvalue weighted by Gasteiger charge is 2.00. The van der Waals surface area contributed by atoms with E-state index in [0.717, 1.165) is 16.8 Å². The maximum Gasteiger partial charge on any atom is 0.0717 e. The van der Waals surface area contributed by atoms with E-state index in [2.05, 4.69) is 4.98 Å². The Morgan fingerprint density at radius 1 is 1.50 bits per heavy atom. The Morgan fingerprint density at radius 2 is 2.25 bits per heavy atom. The molecule has 0 saturated heterocycles. The maximum absolute atomic E-state index is 5.54. The van der Waals surface area contributed by atoms with Gasteiger partial charge in [-0.1, -0.05) is 0 Å². The smallest absolute Gasteiger partial charge is 0.0717 e. The fourth-order valence-electron chi connectivity index (χ4n) is 1.12. The third-order valence-corrected chi connectivity index (χ3v) is 1.74. The van der Waals surface area contributed by atoms with E-state index in [0.29, 0.717) is 13.2 Å². The summed E-state index contributed by atoms with van der Waals surface area (Å²) in [6, 6.07) is 2.01. The number of aromatic nitrogens is 1. The zero-order valence-electron chi connectivity index (χ0n) is 7.50. The third kappa shape index (κ3) is 2.03. The topological polar surface area (TPSA) is 48.1 Å². The summed E-state index contributed by atoms with van der Waals surface area (Å²) in [6.07, 6.45) is 1.81. The second kappa shape index (κ2) is 4.18. The average molecular weight is 166 g/mol. The van der Waals surface area contributed by atoms with Crippen LogP contribution in [0.3, 0.4) is 0 Å². The molecular formula is C9H14N2O. The monoisotopic (exact) mass is 166 g/mol. The molecule has 0 bridgehead atoms. The lowest BCUT2D eigenvalue weighted by atomic mass is 10.1. The molecule has 0 aliphatic rings. The molecule has 3 nitrogen and oxygen atoms in total. The van der Waals surface area contributed by atoms with E-state index >= 15 is 0 Å². The highest BCUT2D eigenvalue weighted by molar-refractivity contribution is 5.25. The molecule has 0 aromatic carbocycles. The normalized spacial score (nSPS) is 10.2. The second-order valence-corrected chi connectivity index (χ2v) is 2.73. The van der Waals surface area contributed by atoms with Gasteiger partial charge in [-0.05, 0) is 24.1 Å². The summed E-state index contributed by atoms with van der Waals surface area (Å²) < 4.78 is 5.04. The van der Waals surface area contributed by atoms with E-state index in [1.165, 1.54) is 0 Å². The van der Waals surface area contributed by atoms with Gasteiger partial charge in [-0.3, -0.25) is 4.98 Å². The molecule has 0 amide bonds. The van der Waals surface area contributed by atoms with Crippen LogP contribution in [-0.2, 0) is 17.9 Å². The molecule has 3 heteroatoms. The van der Waals surface area contributed by atoms with Gasteiger partial charge in [-0.25, -0.2) is 0 Å². The number of nitrogens with two attached hydrogens (primary N) is 1. The van der Waals surface area contributed by atoms with Gasteiger partial charge in [-0.2, -0.15) is 0 Å². The van der Waals surface area contributed by atoms with Crippen LogP contribution in [0.5, 0.6) is 0 Å². The highest BCUT2D eigenvalue weighted by Crippen LogP contribution is 2.09. The van der Waals surface area contributed by atoms with E-state index in [1.807, 2.05) is 19.2 Å². The van der Waals surface area contributed by atoms with Crippen molar-refractivity contribution in [2.45, 2.75) is 20.1 Å². The van der Waals surface area contributed by atoms with Crippen LogP contribution in [0.1, 0.15) is 16.8 Å². The minimum atomic E-state index is 0.520. The predicted molar refractivity (Wildman–Crippen MR) is 47.6 cm³/mol. The standard InChI is InChI=1S/C9H14N2O/c1-7-3-8(6-12-2)9(4-10)5-11-7/h3,5H,4,6,10H2,1-2H3. The summed E-state index contributed by atoms with van der Waals surface area (Å²) in [4.78, 5) is 4.16. The number of methoxy groups -OCH3 is 1. The second-order valence-electron chi connectivity index (χ2n) is 2.73. The Kier molecular flexibility index (Phi) is 3.19. The molecule has 12 heavy (non-hydrogen) atoms. The first-order chi connectivity index (χ1) is 5.77. The van der Waals surface area contributed by atoms with Crippen LogP contribution < -0.4 is 5.73 Å². The van der Waals surface area contributed by atoms with Gasteiger partial charge in [0.25, 0.3) is 0 Å². The van der Waals surface area contributed by atoms with Crippen LogP contribution in [0.2, 0.25) is 0 Å². The predicted octanol–water partition coefficient (Wildman–Crippen LogP) is 0.995. The molecule has 0 aliphatic heterocycles. The zero-order valence-corrected chi connectivity index (χ0v) is 7.50. The summed E-state index contributed by atoms with van der Waals surface area (Å²) >= 11 is 0. The highest BCUT2D eigenvalue weighted by atomic mass is 16.5. The molecule has 66 valence electrons. The summed E-state index contributed by atoms with van der Waals surface area (Å²) in [7, 11) is 1.68. The fourth-order valence-corrected chi connectivity index (χ4v) is 1.12. The Labute approximate surface area is 72.6 Å². The maximum atomic E-state index is 5.54. The van der Waals surface area contributed by atoms with E-state index in [1.54, 1.807) is 7.11 Å². The van der Waals surface area contributed by atoms with Crippen LogP contribution in [0, 0.1) is 6.92 Å². The number of nitrogens with zero attached hydrogens (tertiary/aromatic N) is 1. The number of aryl methyl sites for hydroxylation is 1. The SMILES string of the molecule is COCc1cc(C)ncc1CN. The van der Waals surface area contributed by atoms with Gasteiger partial charge < -0.3 is 10.5 Å². The summed E-state index contributed by atoms with van der Waals surface area (Å²) in [6.45, 7) is 3.08. The molecule has 0 aliphatic carbocycles. The van der Waals surface area contributed by atoms with Crippen LogP contribution in [0.4, 0.5) is 0 Å². The molecule has 0 radical (unpaired) electrons. The molecule has 0 fully saturated rings. The molecule has 0 unspecified atom stereocenters. The Morgan fingerprint density at radius 3 is 2.83 bits per heavy atom. The first-order valence-electron chi connectivity index (χ1n) is 3.91. The number of rotatable bonds is 3. The minimum absolute atomic E-state index is 0.520. The van der Waals surface area contributed by atoms with Crippen molar-refractivity contribution in [3.8, 4) is 0 Å². The first-order valence-corrected chi connectivity index (χ1v) is 3.91. The Bertz CT molecular complexity index is 261.